The fraction of sp³-hybridized carbons (Fsp3) is 0.778. The van der Waals surface area contributed by atoms with E-state index in [1.807, 2.05) is 0 Å². The molecular weight excluding hydrogens is 228 g/mol. The van der Waals surface area contributed by atoms with Crippen molar-refractivity contribution in [2.75, 3.05) is 5.75 Å². The van der Waals surface area contributed by atoms with Gasteiger partial charge in [0.05, 0.1) is 11.8 Å². The van der Waals surface area contributed by atoms with Gasteiger partial charge in [0.15, 0.2) is 0 Å². The Hall–Kier alpha value is -1.11. The quantitative estimate of drug-likeness (QED) is 0.755. The van der Waals surface area contributed by atoms with Crippen molar-refractivity contribution in [2.45, 2.75) is 37.4 Å². The van der Waals surface area contributed by atoms with Crippen LogP contribution in [0.3, 0.4) is 0 Å². The van der Waals surface area contributed by atoms with Crippen LogP contribution in [-0.2, 0) is 4.79 Å². The van der Waals surface area contributed by atoms with Gasteiger partial charge in [-0.1, -0.05) is 24.6 Å². The van der Waals surface area contributed by atoms with Crippen molar-refractivity contribution in [1.29, 1.82) is 0 Å². The van der Waals surface area contributed by atoms with Crippen LogP contribution in [0.15, 0.2) is 5.16 Å². The van der Waals surface area contributed by atoms with Crippen molar-refractivity contribution in [3.63, 3.8) is 0 Å². The van der Waals surface area contributed by atoms with Crippen molar-refractivity contribution in [2.24, 2.45) is 5.92 Å². The molecule has 0 amide bonds. The monoisotopic (exact) mass is 242 g/mol. The summed E-state index contributed by atoms with van der Waals surface area (Å²) in [4.78, 5) is 10.5. The molecule has 6 nitrogen and oxygen atoms in total. The lowest BCUT2D eigenvalue weighted by atomic mass is 10.2. The zero-order valence-corrected chi connectivity index (χ0v) is 9.85. The third-order valence-corrected chi connectivity index (χ3v) is 3.49. The first-order valence-electron chi connectivity index (χ1n) is 5.29. The summed E-state index contributed by atoms with van der Waals surface area (Å²) in [5.41, 5.74) is 0. The second-order valence-electron chi connectivity index (χ2n) is 4.12. The summed E-state index contributed by atoms with van der Waals surface area (Å²) in [5.74, 6) is -0.0535. The summed E-state index contributed by atoms with van der Waals surface area (Å²) >= 11 is 1.16. The highest BCUT2D eigenvalue weighted by atomic mass is 32.2. The number of carboxylic acids is 1. The molecule has 1 N–H and O–H groups in total. The van der Waals surface area contributed by atoms with Crippen LogP contribution in [-0.4, -0.2) is 37.0 Å². The van der Waals surface area contributed by atoms with Gasteiger partial charge in [-0.25, -0.2) is 4.68 Å². The van der Waals surface area contributed by atoms with Gasteiger partial charge in [-0.2, -0.15) is 0 Å². The van der Waals surface area contributed by atoms with Crippen LogP contribution < -0.4 is 0 Å². The molecule has 2 rings (SSSR count). The number of aliphatic carboxylic acids is 1. The SMILES string of the molecule is CC(CC1CC1)n1nnnc1SCC(=O)O. The van der Waals surface area contributed by atoms with Crippen molar-refractivity contribution in [3.8, 4) is 0 Å². The highest BCUT2D eigenvalue weighted by Gasteiger charge is 2.26. The molecule has 1 heterocycles. The van der Waals surface area contributed by atoms with Gasteiger partial charge in [0, 0.05) is 0 Å². The number of hydrogen-bond donors (Lipinski definition) is 1. The Morgan fingerprint density at radius 3 is 3.06 bits per heavy atom. The van der Waals surface area contributed by atoms with E-state index < -0.39 is 5.97 Å². The van der Waals surface area contributed by atoms with Crippen molar-refractivity contribution < 1.29 is 9.90 Å². The van der Waals surface area contributed by atoms with Crippen LogP contribution >= 0.6 is 11.8 Å². The lowest BCUT2D eigenvalue weighted by Crippen LogP contribution is -2.10. The molecule has 7 heteroatoms. The zero-order valence-electron chi connectivity index (χ0n) is 9.04. The lowest BCUT2D eigenvalue weighted by Gasteiger charge is -2.11. The van der Waals surface area contributed by atoms with Crippen LogP contribution in [0.4, 0.5) is 0 Å². The lowest BCUT2D eigenvalue weighted by molar-refractivity contribution is -0.133. The van der Waals surface area contributed by atoms with Gasteiger partial charge in [0.25, 0.3) is 0 Å². The van der Waals surface area contributed by atoms with Gasteiger partial charge < -0.3 is 5.11 Å². The summed E-state index contributed by atoms with van der Waals surface area (Å²) in [6, 6.07) is 0.249. The van der Waals surface area contributed by atoms with Crippen molar-refractivity contribution >= 4 is 17.7 Å². The van der Waals surface area contributed by atoms with Gasteiger partial charge in [-0.05, 0) is 29.7 Å². The minimum atomic E-state index is -0.852. The predicted octanol–water partition coefficient (Wildman–Crippen LogP) is 1.21. The summed E-state index contributed by atoms with van der Waals surface area (Å²) < 4.78 is 1.73. The molecule has 1 unspecified atom stereocenters. The van der Waals surface area contributed by atoms with Gasteiger partial charge >= 0.3 is 5.97 Å². The molecule has 1 aliphatic rings. The molecule has 0 radical (unpaired) electrons. The topological polar surface area (TPSA) is 80.9 Å². The number of thioether (sulfide) groups is 1. The van der Waals surface area contributed by atoms with Crippen molar-refractivity contribution in [1.82, 2.24) is 20.2 Å². The molecule has 0 saturated heterocycles. The number of aromatic nitrogens is 4. The third-order valence-electron chi connectivity index (χ3n) is 2.58. The van der Waals surface area contributed by atoms with E-state index in [4.69, 9.17) is 5.11 Å². The standard InChI is InChI=1S/C9H14N4O2S/c1-6(4-7-2-3-7)13-9(10-11-12-13)16-5-8(14)15/h6-7H,2-5H2,1H3,(H,14,15). The summed E-state index contributed by atoms with van der Waals surface area (Å²) in [7, 11) is 0. The minimum Gasteiger partial charge on any atom is -0.481 e. The maximum Gasteiger partial charge on any atom is 0.313 e. The van der Waals surface area contributed by atoms with Crippen LogP contribution in [0.1, 0.15) is 32.2 Å². The first kappa shape index (κ1) is 11.4. The first-order valence-corrected chi connectivity index (χ1v) is 6.28. The third kappa shape index (κ3) is 2.94. The van der Waals surface area contributed by atoms with Crippen LogP contribution in [0.5, 0.6) is 0 Å². The predicted molar refractivity (Wildman–Crippen MR) is 58.2 cm³/mol. The largest absolute Gasteiger partial charge is 0.481 e. The molecule has 1 aromatic rings. The number of rotatable bonds is 6. The average molecular weight is 242 g/mol. The Morgan fingerprint density at radius 1 is 1.69 bits per heavy atom. The van der Waals surface area contributed by atoms with Crippen molar-refractivity contribution in [3.05, 3.63) is 0 Å². The van der Waals surface area contributed by atoms with Gasteiger partial charge in [-0.15, -0.1) is 5.10 Å². The minimum absolute atomic E-state index is 0.00345. The van der Waals surface area contributed by atoms with E-state index in [-0.39, 0.29) is 11.8 Å². The fourth-order valence-electron chi connectivity index (χ4n) is 1.62. The molecule has 0 spiro atoms. The Labute approximate surface area is 97.4 Å². The molecule has 1 atom stereocenters. The number of tetrazole rings is 1. The zero-order chi connectivity index (χ0) is 11.5. The highest BCUT2D eigenvalue weighted by Crippen LogP contribution is 2.37. The van der Waals surface area contributed by atoms with E-state index in [1.165, 1.54) is 12.8 Å². The van der Waals surface area contributed by atoms with E-state index in [0.29, 0.717) is 5.16 Å². The number of nitrogens with zero attached hydrogens (tertiary/aromatic N) is 4. The number of carbonyl (C=O) groups is 1. The van der Waals surface area contributed by atoms with Crippen LogP contribution in [0, 0.1) is 5.92 Å². The number of carboxylic acid groups (broad SMARTS) is 1. The smallest absolute Gasteiger partial charge is 0.313 e. The summed E-state index contributed by atoms with van der Waals surface area (Å²) in [6.07, 6.45) is 3.67. The molecule has 1 fully saturated rings. The van der Waals surface area contributed by atoms with E-state index in [2.05, 4.69) is 22.4 Å². The van der Waals surface area contributed by atoms with Gasteiger partial charge in [-0.3, -0.25) is 4.79 Å². The average Bonchev–Trinajstić information content (AvgIpc) is 2.91. The second kappa shape index (κ2) is 4.82. The Bertz CT molecular complexity index is 377. The molecule has 88 valence electrons. The fourth-order valence-corrected chi connectivity index (χ4v) is 2.31. The molecule has 16 heavy (non-hydrogen) atoms. The highest BCUT2D eigenvalue weighted by molar-refractivity contribution is 7.99. The number of hydrogen-bond acceptors (Lipinski definition) is 5. The van der Waals surface area contributed by atoms with Gasteiger partial charge in [0.1, 0.15) is 0 Å². The maximum atomic E-state index is 10.5. The molecule has 0 bridgehead atoms. The van der Waals surface area contributed by atoms with Crippen LogP contribution in [0.2, 0.25) is 0 Å². The van der Waals surface area contributed by atoms with Gasteiger partial charge in [0.2, 0.25) is 5.16 Å². The Kier molecular flexibility index (Phi) is 3.42. The van der Waals surface area contributed by atoms with E-state index in [0.717, 1.165) is 24.1 Å². The molecule has 0 aromatic carbocycles. The molecule has 1 aromatic heterocycles. The molecule has 1 saturated carbocycles. The molecule has 0 aliphatic heterocycles. The summed E-state index contributed by atoms with van der Waals surface area (Å²) in [5, 5.41) is 20.5. The van der Waals surface area contributed by atoms with E-state index in [9.17, 15) is 4.79 Å². The Morgan fingerprint density at radius 2 is 2.44 bits per heavy atom. The van der Waals surface area contributed by atoms with E-state index >= 15 is 0 Å². The first-order chi connectivity index (χ1) is 7.66. The Balaban J connectivity index is 1.96. The summed E-state index contributed by atoms with van der Waals surface area (Å²) in [6.45, 7) is 2.07. The maximum absolute atomic E-state index is 10.5. The normalized spacial score (nSPS) is 17.3. The molecular formula is C9H14N4O2S. The second-order valence-corrected chi connectivity index (χ2v) is 5.06. The molecule has 1 aliphatic carbocycles. The van der Waals surface area contributed by atoms with Crippen LogP contribution in [0.25, 0.3) is 0 Å². The van der Waals surface area contributed by atoms with E-state index in [1.54, 1.807) is 4.68 Å².